The van der Waals surface area contributed by atoms with Crippen molar-refractivity contribution in [2.45, 2.75) is 24.9 Å². The Bertz CT molecular complexity index is 765. The summed E-state index contributed by atoms with van der Waals surface area (Å²) in [5, 5.41) is 5.11. The summed E-state index contributed by atoms with van der Waals surface area (Å²) in [6.45, 7) is 0.566. The summed E-state index contributed by atoms with van der Waals surface area (Å²) in [4.78, 5) is 26.5. The smallest absolute Gasteiger partial charge is 0.247 e. The van der Waals surface area contributed by atoms with Gasteiger partial charge in [-0.15, -0.1) is 0 Å². The minimum Gasteiger partial charge on any atom is -0.329 e. The molecule has 1 fully saturated rings. The molecule has 2 amide bonds. The SMILES string of the molecule is NC(CS)C(=O)N1CCC[C@@H]1C(=O)Nc1ccc2ccccc2c1. The van der Waals surface area contributed by atoms with Gasteiger partial charge in [-0.2, -0.15) is 12.6 Å². The molecule has 0 bridgehead atoms. The van der Waals surface area contributed by atoms with E-state index < -0.39 is 12.1 Å². The Kier molecular flexibility index (Phi) is 5.06. The third-order valence-electron chi connectivity index (χ3n) is 4.37. The Labute approximate surface area is 146 Å². The summed E-state index contributed by atoms with van der Waals surface area (Å²) in [7, 11) is 0. The van der Waals surface area contributed by atoms with E-state index in [4.69, 9.17) is 5.73 Å². The highest BCUT2D eigenvalue weighted by molar-refractivity contribution is 7.80. The minimum atomic E-state index is -0.664. The van der Waals surface area contributed by atoms with Crippen LogP contribution >= 0.6 is 12.6 Å². The number of anilines is 1. The molecule has 24 heavy (non-hydrogen) atoms. The van der Waals surface area contributed by atoms with Crippen LogP contribution in [-0.4, -0.2) is 41.1 Å². The lowest BCUT2D eigenvalue weighted by Gasteiger charge is -2.26. The molecule has 2 aromatic rings. The van der Waals surface area contributed by atoms with Crippen LogP contribution in [0.2, 0.25) is 0 Å². The first kappa shape index (κ1) is 16.8. The largest absolute Gasteiger partial charge is 0.329 e. The van der Waals surface area contributed by atoms with Crippen LogP contribution < -0.4 is 11.1 Å². The van der Waals surface area contributed by atoms with Crippen LogP contribution in [0.4, 0.5) is 5.69 Å². The van der Waals surface area contributed by atoms with Crippen molar-refractivity contribution in [2.75, 3.05) is 17.6 Å². The third kappa shape index (κ3) is 3.39. The van der Waals surface area contributed by atoms with Crippen molar-refractivity contribution >= 4 is 40.9 Å². The van der Waals surface area contributed by atoms with Gasteiger partial charge in [-0.05, 0) is 35.7 Å². The molecule has 0 saturated carbocycles. The monoisotopic (exact) mass is 343 g/mol. The predicted octanol–water partition coefficient (Wildman–Crippen LogP) is 2.03. The van der Waals surface area contributed by atoms with Crippen LogP contribution in [0.15, 0.2) is 42.5 Å². The Balaban J connectivity index is 1.74. The average molecular weight is 343 g/mol. The number of nitrogens with two attached hydrogens (primary N) is 1. The predicted molar refractivity (Wildman–Crippen MR) is 99.1 cm³/mol. The maximum atomic E-state index is 12.6. The van der Waals surface area contributed by atoms with Gasteiger partial charge in [-0.3, -0.25) is 9.59 Å². The topological polar surface area (TPSA) is 75.4 Å². The number of nitrogens with zero attached hydrogens (tertiary/aromatic N) is 1. The fourth-order valence-electron chi connectivity index (χ4n) is 3.09. The number of likely N-dealkylation sites (tertiary alicyclic amines) is 1. The quantitative estimate of drug-likeness (QED) is 0.744. The van der Waals surface area contributed by atoms with Crippen molar-refractivity contribution in [1.29, 1.82) is 0 Å². The Morgan fingerprint density at radius 2 is 2.00 bits per heavy atom. The van der Waals surface area contributed by atoms with E-state index >= 15 is 0 Å². The lowest BCUT2D eigenvalue weighted by Crippen LogP contribution is -2.50. The molecule has 1 heterocycles. The average Bonchev–Trinajstić information content (AvgIpc) is 3.10. The number of rotatable bonds is 4. The fourth-order valence-corrected chi connectivity index (χ4v) is 3.24. The normalized spacial score (nSPS) is 18.6. The summed E-state index contributed by atoms with van der Waals surface area (Å²) >= 11 is 4.07. The second kappa shape index (κ2) is 7.23. The third-order valence-corrected chi connectivity index (χ3v) is 4.76. The first-order valence-electron chi connectivity index (χ1n) is 8.07. The zero-order valence-electron chi connectivity index (χ0n) is 13.3. The molecular weight excluding hydrogens is 322 g/mol. The van der Waals surface area contributed by atoms with E-state index in [9.17, 15) is 9.59 Å². The van der Waals surface area contributed by atoms with Crippen LogP contribution in [0.5, 0.6) is 0 Å². The van der Waals surface area contributed by atoms with Crippen LogP contribution in [0.3, 0.4) is 0 Å². The van der Waals surface area contributed by atoms with Gasteiger partial charge < -0.3 is 16.0 Å². The van der Waals surface area contributed by atoms with Crippen molar-refractivity contribution in [3.8, 4) is 0 Å². The molecule has 1 aliphatic rings. The lowest BCUT2D eigenvalue weighted by molar-refractivity contribution is -0.137. The van der Waals surface area contributed by atoms with Crippen molar-refractivity contribution < 1.29 is 9.59 Å². The van der Waals surface area contributed by atoms with Gasteiger partial charge in [-0.25, -0.2) is 0 Å². The number of carbonyl (C=O) groups is 2. The Morgan fingerprint density at radius 1 is 1.25 bits per heavy atom. The van der Waals surface area contributed by atoms with Crippen LogP contribution in [-0.2, 0) is 9.59 Å². The first-order chi connectivity index (χ1) is 11.6. The van der Waals surface area contributed by atoms with Crippen LogP contribution in [0.25, 0.3) is 10.8 Å². The van der Waals surface area contributed by atoms with Gasteiger partial charge in [0.2, 0.25) is 11.8 Å². The summed E-state index contributed by atoms with van der Waals surface area (Å²) in [5.41, 5.74) is 6.51. The van der Waals surface area contributed by atoms with E-state index in [1.54, 1.807) is 4.90 Å². The Morgan fingerprint density at radius 3 is 2.75 bits per heavy atom. The number of carbonyl (C=O) groups excluding carboxylic acids is 2. The summed E-state index contributed by atoms with van der Waals surface area (Å²) < 4.78 is 0. The zero-order chi connectivity index (χ0) is 17.1. The number of fused-ring (bicyclic) bond motifs is 1. The molecule has 1 unspecified atom stereocenters. The molecular formula is C18H21N3O2S. The number of amides is 2. The first-order valence-corrected chi connectivity index (χ1v) is 8.70. The minimum absolute atomic E-state index is 0.164. The maximum absolute atomic E-state index is 12.6. The molecule has 1 aliphatic heterocycles. The molecule has 0 spiro atoms. The van der Waals surface area contributed by atoms with Crippen molar-refractivity contribution in [3.05, 3.63) is 42.5 Å². The molecule has 1 saturated heterocycles. The second-order valence-electron chi connectivity index (χ2n) is 6.03. The van der Waals surface area contributed by atoms with Gasteiger partial charge in [0, 0.05) is 18.0 Å². The van der Waals surface area contributed by atoms with Crippen molar-refractivity contribution in [3.63, 3.8) is 0 Å². The van der Waals surface area contributed by atoms with E-state index in [1.165, 1.54) is 0 Å². The molecule has 0 aromatic heterocycles. The second-order valence-corrected chi connectivity index (χ2v) is 6.40. The summed E-state index contributed by atoms with van der Waals surface area (Å²) in [6.07, 6.45) is 1.46. The van der Waals surface area contributed by atoms with Crippen molar-refractivity contribution in [2.24, 2.45) is 5.73 Å². The Hall–Kier alpha value is -2.05. The molecule has 3 rings (SSSR count). The molecule has 6 heteroatoms. The standard InChI is InChI=1S/C18H21N3O2S/c19-15(11-24)18(23)21-9-3-6-16(21)17(22)20-14-8-7-12-4-1-2-5-13(12)10-14/h1-2,4-5,7-8,10,15-16,24H,3,6,9,11,19H2,(H,20,22)/t15?,16-/m1/s1. The fraction of sp³-hybridized carbons (Fsp3) is 0.333. The van der Waals surface area contributed by atoms with Crippen molar-refractivity contribution in [1.82, 2.24) is 4.90 Å². The van der Waals surface area contributed by atoms with Gasteiger partial charge in [0.15, 0.2) is 0 Å². The lowest BCUT2D eigenvalue weighted by atomic mass is 10.1. The highest BCUT2D eigenvalue weighted by atomic mass is 32.1. The molecule has 2 aromatic carbocycles. The number of hydrogen-bond acceptors (Lipinski definition) is 4. The van der Waals surface area contributed by atoms with Gasteiger partial charge in [0.25, 0.3) is 0 Å². The maximum Gasteiger partial charge on any atom is 0.247 e. The van der Waals surface area contributed by atoms with E-state index in [0.29, 0.717) is 13.0 Å². The van der Waals surface area contributed by atoms with E-state index in [1.807, 2.05) is 42.5 Å². The van der Waals surface area contributed by atoms with Crippen LogP contribution in [0.1, 0.15) is 12.8 Å². The zero-order valence-corrected chi connectivity index (χ0v) is 14.2. The van der Waals surface area contributed by atoms with Gasteiger partial charge in [0.1, 0.15) is 6.04 Å². The van der Waals surface area contributed by atoms with E-state index in [2.05, 4.69) is 17.9 Å². The highest BCUT2D eigenvalue weighted by Crippen LogP contribution is 2.22. The molecule has 3 N–H and O–H groups in total. The molecule has 2 atom stereocenters. The van der Waals surface area contributed by atoms with Gasteiger partial charge in [0.05, 0.1) is 6.04 Å². The molecule has 0 radical (unpaired) electrons. The van der Waals surface area contributed by atoms with Gasteiger partial charge in [-0.1, -0.05) is 30.3 Å². The van der Waals surface area contributed by atoms with Crippen LogP contribution in [0, 0.1) is 0 Å². The summed E-state index contributed by atoms with van der Waals surface area (Å²) in [6, 6.07) is 12.6. The van der Waals surface area contributed by atoms with E-state index in [0.717, 1.165) is 22.9 Å². The number of nitrogens with one attached hydrogen (secondary N) is 1. The number of thiol groups is 1. The highest BCUT2D eigenvalue weighted by Gasteiger charge is 2.35. The van der Waals surface area contributed by atoms with Gasteiger partial charge >= 0.3 is 0 Å². The molecule has 5 nitrogen and oxygen atoms in total. The summed E-state index contributed by atoms with van der Waals surface area (Å²) in [5.74, 6) is -0.0994. The number of hydrogen-bond donors (Lipinski definition) is 3. The molecule has 0 aliphatic carbocycles. The number of benzene rings is 2. The molecule has 126 valence electrons. The van der Waals surface area contributed by atoms with E-state index in [-0.39, 0.29) is 17.6 Å².